The van der Waals surface area contributed by atoms with Gasteiger partial charge in [0.1, 0.15) is 0 Å². The summed E-state index contributed by atoms with van der Waals surface area (Å²) in [4.78, 5) is 4.00. The molecule has 0 bridgehead atoms. The Labute approximate surface area is 83.8 Å². The minimum atomic E-state index is 0.571. The van der Waals surface area contributed by atoms with Crippen LogP contribution in [0, 0.1) is 0 Å². The first-order chi connectivity index (χ1) is 6.86. The van der Waals surface area contributed by atoms with Crippen molar-refractivity contribution in [1.82, 2.24) is 4.98 Å². The molecule has 76 valence electrons. The summed E-state index contributed by atoms with van der Waals surface area (Å²) in [5.41, 5.74) is 6.29. The van der Waals surface area contributed by atoms with E-state index in [2.05, 4.69) is 10.3 Å². The fourth-order valence-electron chi connectivity index (χ4n) is 0.987. The van der Waals surface area contributed by atoms with Gasteiger partial charge in [-0.2, -0.15) is 0 Å². The number of hydrogen-bond donors (Lipinski definition) is 2. The number of ether oxygens (including phenoxy) is 1. The number of rotatable bonds is 5. The standard InChI is InChI=1S/C10H15N3O/c1-14-10-8-9(4-7-13-10)12-6-3-2-5-11/h2-4,7-8H,5-6,11H2,1H3,(H,12,13)/b3-2+. The third kappa shape index (κ3) is 3.45. The van der Waals surface area contributed by atoms with Crippen molar-refractivity contribution in [3.63, 3.8) is 0 Å². The van der Waals surface area contributed by atoms with E-state index in [1.165, 1.54) is 0 Å². The number of nitrogens with two attached hydrogens (primary N) is 1. The highest BCUT2D eigenvalue weighted by Crippen LogP contribution is 2.12. The topological polar surface area (TPSA) is 60.2 Å². The predicted molar refractivity (Wildman–Crippen MR) is 57.5 cm³/mol. The maximum Gasteiger partial charge on any atom is 0.214 e. The van der Waals surface area contributed by atoms with E-state index in [1.807, 2.05) is 24.3 Å². The zero-order valence-corrected chi connectivity index (χ0v) is 8.23. The van der Waals surface area contributed by atoms with E-state index in [-0.39, 0.29) is 0 Å². The summed E-state index contributed by atoms with van der Waals surface area (Å²) in [5.74, 6) is 0.609. The summed E-state index contributed by atoms with van der Waals surface area (Å²) < 4.78 is 4.99. The van der Waals surface area contributed by atoms with Crippen molar-refractivity contribution in [3.8, 4) is 5.88 Å². The van der Waals surface area contributed by atoms with E-state index in [0.29, 0.717) is 12.4 Å². The van der Waals surface area contributed by atoms with Crippen LogP contribution in [0.2, 0.25) is 0 Å². The van der Waals surface area contributed by atoms with Gasteiger partial charge in [-0.05, 0) is 6.07 Å². The number of methoxy groups -OCH3 is 1. The Balaban J connectivity index is 2.46. The van der Waals surface area contributed by atoms with Crippen LogP contribution in [-0.4, -0.2) is 25.2 Å². The van der Waals surface area contributed by atoms with Gasteiger partial charge in [0.15, 0.2) is 0 Å². The minimum absolute atomic E-state index is 0.571. The van der Waals surface area contributed by atoms with Gasteiger partial charge in [-0.25, -0.2) is 4.98 Å². The van der Waals surface area contributed by atoms with Crippen molar-refractivity contribution in [3.05, 3.63) is 30.5 Å². The van der Waals surface area contributed by atoms with Crippen molar-refractivity contribution in [1.29, 1.82) is 0 Å². The Morgan fingerprint density at radius 1 is 1.57 bits per heavy atom. The third-order valence-corrected chi connectivity index (χ3v) is 1.67. The summed E-state index contributed by atoms with van der Waals surface area (Å²) in [6, 6.07) is 3.73. The molecule has 0 unspecified atom stereocenters. The van der Waals surface area contributed by atoms with Crippen LogP contribution in [0.4, 0.5) is 5.69 Å². The van der Waals surface area contributed by atoms with Gasteiger partial charge in [0.2, 0.25) is 5.88 Å². The average molecular weight is 193 g/mol. The lowest BCUT2D eigenvalue weighted by Crippen LogP contribution is -2.00. The number of nitrogens with zero attached hydrogens (tertiary/aromatic N) is 1. The second kappa shape index (κ2) is 5.99. The summed E-state index contributed by atoms with van der Waals surface area (Å²) in [5, 5.41) is 3.19. The van der Waals surface area contributed by atoms with Crippen molar-refractivity contribution in [2.24, 2.45) is 5.73 Å². The molecule has 1 aromatic rings. The molecule has 0 aliphatic heterocycles. The van der Waals surface area contributed by atoms with E-state index in [0.717, 1.165) is 12.2 Å². The molecule has 0 aliphatic carbocycles. The molecule has 0 aliphatic rings. The molecule has 0 fully saturated rings. The highest BCUT2D eigenvalue weighted by atomic mass is 16.5. The molecule has 4 heteroatoms. The number of anilines is 1. The van der Waals surface area contributed by atoms with E-state index < -0.39 is 0 Å². The molecule has 0 saturated heterocycles. The molecule has 0 aromatic carbocycles. The molecule has 1 heterocycles. The van der Waals surface area contributed by atoms with Crippen molar-refractivity contribution >= 4 is 5.69 Å². The van der Waals surface area contributed by atoms with Crippen LogP contribution >= 0.6 is 0 Å². The van der Waals surface area contributed by atoms with E-state index in [1.54, 1.807) is 13.3 Å². The second-order valence-electron chi connectivity index (χ2n) is 2.67. The molecule has 0 spiro atoms. The van der Waals surface area contributed by atoms with Gasteiger partial charge in [-0.3, -0.25) is 0 Å². The van der Waals surface area contributed by atoms with Gasteiger partial charge in [0, 0.05) is 31.0 Å². The smallest absolute Gasteiger partial charge is 0.214 e. The van der Waals surface area contributed by atoms with Crippen LogP contribution in [0.3, 0.4) is 0 Å². The van der Waals surface area contributed by atoms with Crippen molar-refractivity contribution in [2.75, 3.05) is 25.5 Å². The summed E-state index contributed by atoms with van der Waals surface area (Å²) in [6.07, 6.45) is 5.59. The first-order valence-electron chi connectivity index (χ1n) is 4.46. The molecule has 3 N–H and O–H groups in total. The lowest BCUT2D eigenvalue weighted by atomic mass is 10.4. The maximum absolute atomic E-state index is 5.31. The van der Waals surface area contributed by atoms with Gasteiger partial charge in [0.05, 0.1) is 7.11 Å². The molecule has 0 atom stereocenters. The van der Waals surface area contributed by atoms with E-state index >= 15 is 0 Å². The van der Waals surface area contributed by atoms with Crippen LogP contribution in [0.5, 0.6) is 5.88 Å². The number of hydrogen-bond acceptors (Lipinski definition) is 4. The summed E-state index contributed by atoms with van der Waals surface area (Å²) >= 11 is 0. The molecule has 4 nitrogen and oxygen atoms in total. The molecule has 14 heavy (non-hydrogen) atoms. The quantitative estimate of drug-likeness (QED) is 0.685. The Morgan fingerprint density at radius 3 is 3.14 bits per heavy atom. The molecular weight excluding hydrogens is 178 g/mol. The van der Waals surface area contributed by atoms with Crippen molar-refractivity contribution < 1.29 is 4.74 Å². The van der Waals surface area contributed by atoms with Crippen LogP contribution in [0.1, 0.15) is 0 Å². The van der Waals surface area contributed by atoms with E-state index in [9.17, 15) is 0 Å². The van der Waals surface area contributed by atoms with Gasteiger partial charge in [-0.1, -0.05) is 12.2 Å². The average Bonchev–Trinajstić information content (AvgIpc) is 2.25. The molecule has 0 saturated carbocycles. The number of pyridine rings is 1. The van der Waals surface area contributed by atoms with Gasteiger partial charge >= 0.3 is 0 Å². The fraction of sp³-hybridized carbons (Fsp3) is 0.300. The van der Waals surface area contributed by atoms with Crippen LogP contribution in [0.15, 0.2) is 30.5 Å². The first-order valence-corrected chi connectivity index (χ1v) is 4.46. The lowest BCUT2D eigenvalue weighted by Gasteiger charge is -2.04. The lowest BCUT2D eigenvalue weighted by molar-refractivity contribution is 0.398. The highest BCUT2D eigenvalue weighted by Gasteiger charge is 1.93. The van der Waals surface area contributed by atoms with E-state index in [4.69, 9.17) is 10.5 Å². The Morgan fingerprint density at radius 2 is 2.43 bits per heavy atom. The monoisotopic (exact) mass is 193 g/mol. The normalized spacial score (nSPS) is 10.4. The highest BCUT2D eigenvalue weighted by molar-refractivity contribution is 5.45. The second-order valence-corrected chi connectivity index (χ2v) is 2.67. The SMILES string of the molecule is COc1cc(NC/C=C/CN)ccn1. The summed E-state index contributed by atoms with van der Waals surface area (Å²) in [7, 11) is 1.60. The third-order valence-electron chi connectivity index (χ3n) is 1.67. The van der Waals surface area contributed by atoms with Crippen LogP contribution < -0.4 is 15.8 Å². The first kappa shape index (κ1) is 10.5. The van der Waals surface area contributed by atoms with Gasteiger partial charge in [0.25, 0.3) is 0 Å². The van der Waals surface area contributed by atoms with Gasteiger partial charge in [-0.15, -0.1) is 0 Å². The van der Waals surface area contributed by atoms with Crippen molar-refractivity contribution in [2.45, 2.75) is 0 Å². The Hall–Kier alpha value is -1.55. The minimum Gasteiger partial charge on any atom is -0.481 e. The molecule has 1 aromatic heterocycles. The van der Waals surface area contributed by atoms with Crippen LogP contribution in [-0.2, 0) is 0 Å². The zero-order chi connectivity index (χ0) is 10.2. The van der Waals surface area contributed by atoms with Crippen LogP contribution in [0.25, 0.3) is 0 Å². The molecule has 1 rings (SSSR count). The number of nitrogens with one attached hydrogen (secondary N) is 1. The Bertz CT molecular complexity index is 299. The zero-order valence-electron chi connectivity index (χ0n) is 8.23. The largest absolute Gasteiger partial charge is 0.481 e. The van der Waals surface area contributed by atoms with Gasteiger partial charge < -0.3 is 15.8 Å². The molecular formula is C10H15N3O. The number of aromatic nitrogens is 1. The predicted octanol–water partition coefficient (Wildman–Crippen LogP) is 1.02. The fourth-order valence-corrected chi connectivity index (χ4v) is 0.987. The molecule has 0 amide bonds. The summed E-state index contributed by atoms with van der Waals surface area (Å²) in [6.45, 7) is 1.33. The maximum atomic E-state index is 5.31. The molecule has 0 radical (unpaired) electrons. The Kier molecular flexibility index (Phi) is 4.50.